The molecule has 0 aliphatic heterocycles. The van der Waals surface area contributed by atoms with Crippen molar-refractivity contribution in [3.8, 4) is 17.0 Å². The number of thioether (sulfide) groups is 1. The second-order valence-electron chi connectivity index (χ2n) is 8.59. The topological polar surface area (TPSA) is 80.3 Å². The van der Waals surface area contributed by atoms with Crippen LogP contribution in [0.5, 0.6) is 5.75 Å². The number of rotatable bonds is 9. The van der Waals surface area contributed by atoms with Crippen molar-refractivity contribution in [2.24, 2.45) is 5.92 Å². The third-order valence-corrected chi connectivity index (χ3v) is 8.25. The van der Waals surface area contributed by atoms with Gasteiger partial charge in [0.2, 0.25) is 11.8 Å². The lowest BCUT2D eigenvalue weighted by atomic mass is 9.88. The van der Waals surface area contributed by atoms with Gasteiger partial charge in [-0.3, -0.25) is 9.59 Å². The van der Waals surface area contributed by atoms with Crippen LogP contribution in [0.25, 0.3) is 11.3 Å². The number of carbonyl (C=O) groups excluding carboxylic acids is 2. The predicted octanol–water partition coefficient (Wildman–Crippen LogP) is 6.85. The minimum Gasteiger partial charge on any atom is -0.496 e. The van der Waals surface area contributed by atoms with E-state index < -0.39 is 0 Å². The van der Waals surface area contributed by atoms with Crippen molar-refractivity contribution in [1.29, 1.82) is 0 Å². The van der Waals surface area contributed by atoms with Crippen LogP contribution in [0, 0.1) is 5.92 Å². The number of nitrogens with zero attached hydrogens (tertiary/aromatic N) is 1. The Bertz CT molecular complexity index is 1160. The number of ether oxygens (including phenoxy) is 1. The lowest BCUT2D eigenvalue weighted by Crippen LogP contribution is -2.25. The summed E-state index contributed by atoms with van der Waals surface area (Å²) in [7, 11) is 1.63. The van der Waals surface area contributed by atoms with Crippen LogP contribution in [0.4, 0.5) is 10.8 Å². The maximum atomic E-state index is 13.0. The van der Waals surface area contributed by atoms with Crippen molar-refractivity contribution in [2.45, 2.75) is 55.6 Å². The average Bonchev–Trinajstić information content (AvgIpc) is 3.36. The van der Waals surface area contributed by atoms with Gasteiger partial charge in [-0.25, -0.2) is 4.98 Å². The molecule has 2 amide bonds. The second-order valence-corrected chi connectivity index (χ2v) is 10.7. The summed E-state index contributed by atoms with van der Waals surface area (Å²) in [6.45, 7) is 1.99. The number of amides is 2. The van der Waals surface area contributed by atoms with E-state index in [4.69, 9.17) is 4.74 Å². The third kappa shape index (κ3) is 6.64. The zero-order valence-corrected chi connectivity index (χ0v) is 21.7. The number of hydrogen-bond acceptors (Lipinski definition) is 6. The summed E-state index contributed by atoms with van der Waals surface area (Å²) in [5.74, 6) is 0.864. The fourth-order valence-corrected chi connectivity index (χ4v) is 5.97. The molecule has 35 heavy (non-hydrogen) atoms. The van der Waals surface area contributed by atoms with Gasteiger partial charge in [0.25, 0.3) is 0 Å². The van der Waals surface area contributed by atoms with Crippen molar-refractivity contribution in [2.75, 3.05) is 17.7 Å². The highest BCUT2D eigenvalue weighted by molar-refractivity contribution is 8.00. The van der Waals surface area contributed by atoms with E-state index >= 15 is 0 Å². The van der Waals surface area contributed by atoms with Crippen molar-refractivity contribution in [3.05, 3.63) is 53.9 Å². The molecule has 1 aliphatic rings. The van der Waals surface area contributed by atoms with Gasteiger partial charge in [0, 0.05) is 27.4 Å². The van der Waals surface area contributed by atoms with Gasteiger partial charge < -0.3 is 15.4 Å². The largest absolute Gasteiger partial charge is 0.496 e. The summed E-state index contributed by atoms with van der Waals surface area (Å²) >= 11 is 2.89. The van der Waals surface area contributed by atoms with Crippen LogP contribution < -0.4 is 15.4 Å². The van der Waals surface area contributed by atoms with Crippen molar-refractivity contribution < 1.29 is 14.3 Å². The van der Waals surface area contributed by atoms with Crippen molar-refractivity contribution in [3.63, 3.8) is 0 Å². The number of benzene rings is 2. The first-order valence-electron chi connectivity index (χ1n) is 12.0. The first-order chi connectivity index (χ1) is 17.1. The van der Waals surface area contributed by atoms with E-state index in [1.807, 2.05) is 60.8 Å². The molecule has 6 nitrogen and oxygen atoms in total. The minimum absolute atomic E-state index is 0.0879. The van der Waals surface area contributed by atoms with Gasteiger partial charge in [-0.15, -0.1) is 23.1 Å². The molecular weight excluding hydrogens is 478 g/mol. The molecule has 0 bridgehead atoms. The Morgan fingerprint density at radius 3 is 2.69 bits per heavy atom. The summed E-state index contributed by atoms with van der Waals surface area (Å²) in [4.78, 5) is 31.2. The summed E-state index contributed by atoms with van der Waals surface area (Å²) in [6, 6.07) is 15.4. The van der Waals surface area contributed by atoms with Crippen LogP contribution in [0.2, 0.25) is 0 Å². The molecule has 4 rings (SSSR count). The summed E-state index contributed by atoms with van der Waals surface area (Å²) in [5.41, 5.74) is 2.44. The van der Waals surface area contributed by atoms with Crippen LogP contribution in [0.3, 0.4) is 0 Å². The molecule has 1 saturated carbocycles. The average molecular weight is 510 g/mol. The quantitative estimate of drug-likeness (QED) is 0.309. The van der Waals surface area contributed by atoms with Gasteiger partial charge in [0.05, 0.1) is 18.1 Å². The van der Waals surface area contributed by atoms with E-state index in [-0.39, 0.29) is 23.0 Å². The summed E-state index contributed by atoms with van der Waals surface area (Å²) in [5, 5.41) is 8.23. The van der Waals surface area contributed by atoms with Crippen molar-refractivity contribution >= 4 is 45.7 Å². The zero-order chi connectivity index (χ0) is 24.6. The standard InChI is InChI=1S/C27H31N3O3S2/c1-3-24(26(32)30-27-29-22(17-34-27)21-14-7-8-15-23(21)33-2)35-20-13-9-12-19(16-20)28-25(31)18-10-5-4-6-11-18/h7-9,12-18,24H,3-6,10-11H2,1-2H3,(H,28,31)(H,29,30,32). The lowest BCUT2D eigenvalue weighted by Gasteiger charge is -2.21. The molecule has 0 spiro atoms. The van der Waals surface area contributed by atoms with Crippen LogP contribution in [0.1, 0.15) is 45.4 Å². The van der Waals surface area contributed by atoms with Gasteiger partial charge >= 0.3 is 0 Å². The van der Waals surface area contributed by atoms with Crippen LogP contribution >= 0.6 is 23.1 Å². The molecule has 1 atom stereocenters. The molecule has 1 aromatic heterocycles. The first-order valence-corrected chi connectivity index (χ1v) is 13.8. The maximum Gasteiger partial charge on any atom is 0.239 e. The van der Waals surface area contributed by atoms with Gasteiger partial charge in [-0.1, -0.05) is 44.4 Å². The molecule has 3 aromatic rings. The van der Waals surface area contributed by atoms with E-state index in [0.717, 1.165) is 53.3 Å². The molecule has 1 aliphatic carbocycles. The van der Waals surface area contributed by atoms with E-state index in [2.05, 4.69) is 15.6 Å². The molecule has 2 aromatic carbocycles. The molecule has 0 radical (unpaired) electrons. The SMILES string of the molecule is CCC(Sc1cccc(NC(=O)C2CCCCC2)c1)C(=O)Nc1nc(-c2ccccc2OC)cs1. The monoisotopic (exact) mass is 509 g/mol. The van der Waals surface area contributed by atoms with Crippen LogP contribution in [-0.4, -0.2) is 29.2 Å². The number of thiazole rings is 1. The molecule has 2 N–H and O–H groups in total. The highest BCUT2D eigenvalue weighted by Gasteiger charge is 2.22. The lowest BCUT2D eigenvalue weighted by molar-refractivity contribution is -0.120. The van der Waals surface area contributed by atoms with Gasteiger partial charge in [0.15, 0.2) is 5.13 Å². The Morgan fingerprint density at radius 1 is 1.11 bits per heavy atom. The fourth-order valence-electron chi connectivity index (χ4n) is 4.24. The van der Waals surface area contributed by atoms with Gasteiger partial charge in [0.1, 0.15) is 5.75 Å². The van der Waals surface area contributed by atoms with Crippen LogP contribution in [-0.2, 0) is 9.59 Å². The number of hydrogen-bond donors (Lipinski definition) is 2. The normalized spacial score (nSPS) is 14.8. The number of para-hydroxylation sites is 1. The molecule has 8 heteroatoms. The molecule has 1 fully saturated rings. The smallest absolute Gasteiger partial charge is 0.239 e. The fraction of sp³-hybridized carbons (Fsp3) is 0.370. The van der Waals surface area contributed by atoms with Crippen molar-refractivity contribution in [1.82, 2.24) is 4.98 Å². The van der Waals surface area contributed by atoms with Crippen LogP contribution in [0.15, 0.2) is 58.8 Å². The predicted molar refractivity (Wildman–Crippen MR) is 144 cm³/mol. The zero-order valence-electron chi connectivity index (χ0n) is 20.1. The molecule has 0 saturated heterocycles. The second kappa shape index (κ2) is 12.2. The highest BCUT2D eigenvalue weighted by atomic mass is 32.2. The number of anilines is 2. The van der Waals surface area contributed by atoms with E-state index in [1.165, 1.54) is 29.5 Å². The Kier molecular flexibility index (Phi) is 8.82. The third-order valence-electron chi connectivity index (χ3n) is 6.14. The molecule has 184 valence electrons. The maximum absolute atomic E-state index is 13.0. The van der Waals surface area contributed by atoms with E-state index in [1.54, 1.807) is 7.11 Å². The Hall–Kier alpha value is -2.84. The number of nitrogens with one attached hydrogen (secondary N) is 2. The van der Waals surface area contributed by atoms with E-state index in [0.29, 0.717) is 11.6 Å². The minimum atomic E-state index is -0.280. The number of aromatic nitrogens is 1. The first kappa shape index (κ1) is 25.3. The molecule has 1 unspecified atom stereocenters. The number of carbonyl (C=O) groups is 2. The summed E-state index contributed by atoms with van der Waals surface area (Å²) in [6.07, 6.45) is 6.07. The number of methoxy groups -OCH3 is 1. The molecular formula is C27H31N3O3S2. The molecule has 1 heterocycles. The Balaban J connectivity index is 1.38. The Morgan fingerprint density at radius 2 is 1.91 bits per heavy atom. The Labute approximate surface area is 214 Å². The summed E-state index contributed by atoms with van der Waals surface area (Å²) < 4.78 is 5.43. The highest BCUT2D eigenvalue weighted by Crippen LogP contribution is 2.33. The van der Waals surface area contributed by atoms with E-state index in [9.17, 15) is 9.59 Å². The van der Waals surface area contributed by atoms with Gasteiger partial charge in [-0.05, 0) is 49.6 Å². The van der Waals surface area contributed by atoms with Gasteiger partial charge in [-0.2, -0.15) is 0 Å².